The molecule has 1 rings (SSSR count). The molecule has 0 bridgehead atoms. The fraction of sp³-hybridized carbons (Fsp3) is 0.727. The first-order valence-corrected chi connectivity index (χ1v) is 5.40. The number of imidazole rings is 1. The molecule has 0 spiro atoms. The Kier molecular flexibility index (Phi) is 5.30. The summed E-state index contributed by atoms with van der Waals surface area (Å²) in [6.07, 6.45) is 10.0. The van der Waals surface area contributed by atoms with Crippen molar-refractivity contribution in [2.24, 2.45) is 0 Å². The summed E-state index contributed by atoms with van der Waals surface area (Å²) in [7, 11) is 1.75. The van der Waals surface area contributed by atoms with Crippen LogP contribution in [-0.4, -0.2) is 18.3 Å². The topological polar surface area (TPSA) is 18.0 Å². The number of hydrogen-bond acceptors (Lipinski definition) is 1. The maximum atomic E-state index is 5.02. The van der Waals surface area contributed by atoms with Gasteiger partial charge in [0.05, 0.1) is 13.1 Å². The Morgan fingerprint density at radius 3 is 2.93 bits per heavy atom. The predicted molar refractivity (Wildman–Crippen MR) is 56.0 cm³/mol. The molecule has 0 aromatic carbocycles. The molecule has 14 heavy (non-hydrogen) atoms. The Hall–Kier alpha value is -0.830. The van der Waals surface area contributed by atoms with E-state index in [0.717, 1.165) is 26.1 Å². The van der Waals surface area contributed by atoms with E-state index in [9.17, 15) is 0 Å². The maximum absolute atomic E-state index is 5.02. The van der Waals surface area contributed by atoms with Gasteiger partial charge in [0.25, 0.3) is 0 Å². The number of unbranched alkanes of at least 4 members (excludes halogenated alkanes) is 1. The van der Waals surface area contributed by atoms with E-state index in [2.05, 4.69) is 34.8 Å². The third-order valence-electron chi connectivity index (χ3n) is 2.28. The standard InChI is InChI=1S/C11H21N2O/c1-3-4-6-12-8-9-13(11-12)7-5-10-14-2/h8-9,11H,3-7,10H2,1-2H3/q+1. The molecule has 1 aromatic rings. The maximum Gasteiger partial charge on any atom is 0.243 e. The van der Waals surface area contributed by atoms with Gasteiger partial charge in [-0.1, -0.05) is 13.3 Å². The van der Waals surface area contributed by atoms with Crippen molar-refractivity contribution < 1.29 is 9.30 Å². The summed E-state index contributed by atoms with van der Waals surface area (Å²) in [4.78, 5) is 0. The van der Waals surface area contributed by atoms with Crippen molar-refractivity contribution in [3.63, 3.8) is 0 Å². The van der Waals surface area contributed by atoms with Crippen molar-refractivity contribution in [3.05, 3.63) is 18.7 Å². The largest absolute Gasteiger partial charge is 0.385 e. The summed E-state index contributed by atoms with van der Waals surface area (Å²) in [6, 6.07) is 0. The van der Waals surface area contributed by atoms with Gasteiger partial charge in [0.1, 0.15) is 12.4 Å². The number of rotatable bonds is 7. The van der Waals surface area contributed by atoms with Crippen LogP contribution in [0.25, 0.3) is 0 Å². The van der Waals surface area contributed by atoms with E-state index in [0.29, 0.717) is 0 Å². The van der Waals surface area contributed by atoms with Crippen LogP contribution in [0.2, 0.25) is 0 Å². The Balaban J connectivity index is 2.27. The minimum absolute atomic E-state index is 0.840. The van der Waals surface area contributed by atoms with Crippen LogP contribution < -0.4 is 4.57 Å². The molecule has 0 fully saturated rings. The quantitative estimate of drug-likeness (QED) is 0.480. The Morgan fingerprint density at radius 2 is 2.21 bits per heavy atom. The lowest BCUT2D eigenvalue weighted by Crippen LogP contribution is -2.31. The third kappa shape index (κ3) is 3.92. The molecule has 0 N–H and O–H groups in total. The van der Waals surface area contributed by atoms with Crippen LogP contribution in [0.15, 0.2) is 18.7 Å². The molecule has 0 atom stereocenters. The highest BCUT2D eigenvalue weighted by molar-refractivity contribution is 4.65. The first kappa shape index (κ1) is 11.2. The molecule has 0 amide bonds. The molecule has 0 aliphatic rings. The van der Waals surface area contributed by atoms with Gasteiger partial charge in [-0.25, -0.2) is 9.13 Å². The monoisotopic (exact) mass is 197 g/mol. The zero-order valence-electron chi connectivity index (χ0n) is 9.28. The smallest absolute Gasteiger partial charge is 0.243 e. The molecule has 1 heterocycles. The molecule has 3 nitrogen and oxygen atoms in total. The molecule has 0 unspecified atom stereocenters. The number of methoxy groups -OCH3 is 1. The van der Waals surface area contributed by atoms with Crippen LogP contribution >= 0.6 is 0 Å². The van der Waals surface area contributed by atoms with E-state index in [4.69, 9.17) is 4.74 Å². The van der Waals surface area contributed by atoms with Crippen LogP contribution in [-0.2, 0) is 17.8 Å². The van der Waals surface area contributed by atoms with Crippen LogP contribution in [0.1, 0.15) is 26.2 Å². The fourth-order valence-corrected chi connectivity index (χ4v) is 1.44. The lowest BCUT2D eigenvalue weighted by atomic mass is 10.3. The van der Waals surface area contributed by atoms with Gasteiger partial charge in [-0.15, -0.1) is 0 Å². The van der Waals surface area contributed by atoms with Crippen molar-refractivity contribution >= 4 is 0 Å². The highest BCUT2D eigenvalue weighted by Gasteiger charge is 2.01. The first-order chi connectivity index (χ1) is 6.86. The highest BCUT2D eigenvalue weighted by atomic mass is 16.5. The molecule has 0 saturated heterocycles. The molecule has 0 radical (unpaired) electrons. The van der Waals surface area contributed by atoms with Crippen LogP contribution in [0.4, 0.5) is 0 Å². The number of hydrogen-bond donors (Lipinski definition) is 0. The summed E-state index contributed by atoms with van der Waals surface area (Å²) in [6.45, 7) is 5.24. The number of aromatic nitrogens is 2. The van der Waals surface area contributed by atoms with Gasteiger partial charge in [0.2, 0.25) is 6.33 Å². The number of nitrogens with zero attached hydrogens (tertiary/aromatic N) is 2. The second kappa shape index (κ2) is 6.60. The van der Waals surface area contributed by atoms with Gasteiger partial charge >= 0.3 is 0 Å². The molecular formula is C11H21N2O+. The van der Waals surface area contributed by atoms with Gasteiger partial charge in [0, 0.05) is 20.1 Å². The molecule has 1 aromatic heterocycles. The summed E-state index contributed by atoms with van der Waals surface area (Å²) in [5.74, 6) is 0. The summed E-state index contributed by atoms with van der Waals surface area (Å²) in [5, 5.41) is 0. The van der Waals surface area contributed by atoms with Gasteiger partial charge < -0.3 is 4.74 Å². The van der Waals surface area contributed by atoms with Gasteiger partial charge in [-0.05, 0) is 6.42 Å². The van der Waals surface area contributed by atoms with Gasteiger partial charge in [-0.3, -0.25) is 0 Å². The fourth-order valence-electron chi connectivity index (χ4n) is 1.44. The summed E-state index contributed by atoms with van der Waals surface area (Å²) >= 11 is 0. The zero-order valence-corrected chi connectivity index (χ0v) is 9.28. The van der Waals surface area contributed by atoms with Gasteiger partial charge in [0.15, 0.2) is 0 Å². The molecule has 0 aliphatic heterocycles. The number of aryl methyl sites for hydroxylation is 2. The van der Waals surface area contributed by atoms with Crippen molar-refractivity contribution in [1.82, 2.24) is 4.57 Å². The van der Waals surface area contributed by atoms with Crippen molar-refractivity contribution in [2.45, 2.75) is 39.3 Å². The lowest BCUT2D eigenvalue weighted by Gasteiger charge is -1.95. The minimum atomic E-state index is 0.840. The van der Waals surface area contributed by atoms with Crippen LogP contribution in [0, 0.1) is 0 Å². The SMILES string of the molecule is CCCCn1cc[n+](CCCOC)c1. The molecule has 0 saturated carbocycles. The van der Waals surface area contributed by atoms with Crippen molar-refractivity contribution in [1.29, 1.82) is 0 Å². The average Bonchev–Trinajstić information content (AvgIpc) is 2.63. The zero-order chi connectivity index (χ0) is 10.2. The Morgan fingerprint density at radius 1 is 1.36 bits per heavy atom. The first-order valence-electron chi connectivity index (χ1n) is 5.40. The van der Waals surface area contributed by atoms with E-state index < -0.39 is 0 Å². The Bertz CT molecular complexity index is 245. The van der Waals surface area contributed by atoms with Crippen LogP contribution in [0.5, 0.6) is 0 Å². The second-order valence-electron chi connectivity index (χ2n) is 3.59. The van der Waals surface area contributed by atoms with E-state index in [1.165, 1.54) is 12.8 Å². The normalized spacial score (nSPS) is 10.7. The highest BCUT2D eigenvalue weighted by Crippen LogP contribution is 1.93. The number of ether oxygens (including phenoxy) is 1. The average molecular weight is 197 g/mol. The summed E-state index contributed by atoms with van der Waals surface area (Å²) < 4.78 is 9.48. The van der Waals surface area contributed by atoms with E-state index >= 15 is 0 Å². The van der Waals surface area contributed by atoms with Gasteiger partial charge in [-0.2, -0.15) is 0 Å². The minimum Gasteiger partial charge on any atom is -0.385 e. The molecule has 80 valence electrons. The third-order valence-corrected chi connectivity index (χ3v) is 2.28. The van der Waals surface area contributed by atoms with Crippen LogP contribution in [0.3, 0.4) is 0 Å². The molecular weight excluding hydrogens is 176 g/mol. The van der Waals surface area contributed by atoms with E-state index in [1.807, 2.05) is 0 Å². The predicted octanol–water partition coefficient (Wildman–Crippen LogP) is 1.61. The Labute approximate surface area is 86.3 Å². The molecule has 3 heteroatoms. The van der Waals surface area contributed by atoms with E-state index in [-0.39, 0.29) is 0 Å². The van der Waals surface area contributed by atoms with E-state index in [1.54, 1.807) is 7.11 Å². The van der Waals surface area contributed by atoms with Crippen molar-refractivity contribution in [2.75, 3.05) is 13.7 Å². The van der Waals surface area contributed by atoms with Crippen molar-refractivity contribution in [3.8, 4) is 0 Å². The summed E-state index contributed by atoms with van der Waals surface area (Å²) in [5.41, 5.74) is 0. The lowest BCUT2D eigenvalue weighted by molar-refractivity contribution is -0.697. The molecule has 0 aliphatic carbocycles. The second-order valence-corrected chi connectivity index (χ2v) is 3.59.